The van der Waals surface area contributed by atoms with Crippen molar-refractivity contribution < 1.29 is 14.6 Å². The highest BCUT2D eigenvalue weighted by molar-refractivity contribution is 6.32. The molecule has 0 fully saturated rings. The molecule has 3 N–H and O–H groups in total. The molecule has 24 heavy (non-hydrogen) atoms. The monoisotopic (exact) mass is 367 g/mol. The number of anilines is 1. The van der Waals surface area contributed by atoms with Gasteiger partial charge in [-0.3, -0.25) is 4.79 Å². The number of methoxy groups -OCH3 is 1. The van der Waals surface area contributed by atoms with Crippen LogP contribution in [-0.2, 0) is 4.79 Å². The summed E-state index contributed by atoms with van der Waals surface area (Å²) in [5, 5.41) is 17.2. The molecule has 0 aliphatic carbocycles. The lowest BCUT2D eigenvalue weighted by Gasteiger charge is -2.06. The standard InChI is InChI=1S/C16H15Cl2N3O3/c1-24-14-7-10(6-13(18)16(14)23)8-20-21-15(22)9-19-12-4-2-11(17)3-5-12/h2-8,19,23H,9H2,1H3,(H,21,22)/b20-8-. The van der Waals surface area contributed by atoms with E-state index in [4.69, 9.17) is 27.9 Å². The molecule has 0 aliphatic rings. The molecule has 1 amide bonds. The minimum Gasteiger partial charge on any atom is -0.503 e. The van der Waals surface area contributed by atoms with Crippen LogP contribution in [0.15, 0.2) is 41.5 Å². The van der Waals surface area contributed by atoms with Gasteiger partial charge >= 0.3 is 0 Å². The van der Waals surface area contributed by atoms with Gasteiger partial charge in [-0.15, -0.1) is 0 Å². The van der Waals surface area contributed by atoms with E-state index in [9.17, 15) is 9.90 Å². The van der Waals surface area contributed by atoms with Gasteiger partial charge in [-0.1, -0.05) is 23.2 Å². The van der Waals surface area contributed by atoms with E-state index in [2.05, 4.69) is 15.8 Å². The van der Waals surface area contributed by atoms with Crippen LogP contribution in [0.4, 0.5) is 5.69 Å². The van der Waals surface area contributed by atoms with Crippen LogP contribution in [0.1, 0.15) is 5.56 Å². The van der Waals surface area contributed by atoms with Crippen molar-refractivity contribution in [1.82, 2.24) is 5.43 Å². The van der Waals surface area contributed by atoms with E-state index in [1.54, 1.807) is 30.3 Å². The Morgan fingerprint density at radius 2 is 2.00 bits per heavy atom. The molecule has 126 valence electrons. The summed E-state index contributed by atoms with van der Waals surface area (Å²) in [4.78, 5) is 11.7. The van der Waals surface area contributed by atoms with Crippen molar-refractivity contribution >= 4 is 41.0 Å². The molecule has 8 heteroatoms. The third-order valence-electron chi connectivity index (χ3n) is 2.97. The molecule has 0 bridgehead atoms. The van der Waals surface area contributed by atoms with Crippen molar-refractivity contribution in [2.24, 2.45) is 5.10 Å². The van der Waals surface area contributed by atoms with Gasteiger partial charge in [0.05, 0.1) is 24.9 Å². The van der Waals surface area contributed by atoms with Crippen molar-refractivity contribution in [2.75, 3.05) is 19.0 Å². The number of hydrogen-bond acceptors (Lipinski definition) is 5. The summed E-state index contributed by atoms with van der Waals surface area (Å²) in [6, 6.07) is 10.0. The molecule has 0 atom stereocenters. The van der Waals surface area contributed by atoms with Gasteiger partial charge in [0, 0.05) is 10.7 Å². The van der Waals surface area contributed by atoms with Crippen LogP contribution in [0.5, 0.6) is 11.5 Å². The fourth-order valence-corrected chi connectivity index (χ4v) is 2.14. The summed E-state index contributed by atoms with van der Waals surface area (Å²) in [5.41, 5.74) is 3.72. The topological polar surface area (TPSA) is 83.0 Å². The highest BCUT2D eigenvalue weighted by atomic mass is 35.5. The number of phenolic OH excluding ortho intramolecular Hbond substituents is 1. The SMILES string of the molecule is COc1cc(/C=N\NC(=O)CNc2ccc(Cl)cc2)cc(Cl)c1O. The van der Waals surface area contributed by atoms with E-state index in [-0.39, 0.29) is 29.0 Å². The molecule has 0 heterocycles. The number of benzene rings is 2. The number of amides is 1. The first-order chi connectivity index (χ1) is 11.5. The molecule has 6 nitrogen and oxygen atoms in total. The third-order valence-corrected chi connectivity index (χ3v) is 3.51. The van der Waals surface area contributed by atoms with Crippen LogP contribution in [-0.4, -0.2) is 30.9 Å². The molecular formula is C16H15Cl2N3O3. The largest absolute Gasteiger partial charge is 0.503 e. The zero-order chi connectivity index (χ0) is 17.5. The van der Waals surface area contributed by atoms with Crippen LogP contribution in [0, 0.1) is 0 Å². The van der Waals surface area contributed by atoms with Gasteiger partial charge in [0.2, 0.25) is 0 Å². The summed E-state index contributed by atoms with van der Waals surface area (Å²) in [7, 11) is 1.41. The van der Waals surface area contributed by atoms with E-state index in [0.717, 1.165) is 5.69 Å². The maximum Gasteiger partial charge on any atom is 0.259 e. The van der Waals surface area contributed by atoms with Gasteiger partial charge in [-0.25, -0.2) is 5.43 Å². The highest BCUT2D eigenvalue weighted by Gasteiger charge is 2.08. The highest BCUT2D eigenvalue weighted by Crippen LogP contribution is 2.34. The molecule has 0 saturated heterocycles. The maximum absolute atomic E-state index is 11.7. The Morgan fingerprint density at radius 1 is 1.29 bits per heavy atom. The Morgan fingerprint density at radius 3 is 2.67 bits per heavy atom. The molecule has 0 radical (unpaired) electrons. The lowest BCUT2D eigenvalue weighted by atomic mass is 10.2. The van der Waals surface area contributed by atoms with Crippen LogP contribution in [0.25, 0.3) is 0 Å². The molecule has 0 unspecified atom stereocenters. The molecule has 0 aromatic heterocycles. The Kier molecular flexibility index (Phi) is 6.28. The number of phenols is 1. The van der Waals surface area contributed by atoms with E-state index in [0.29, 0.717) is 10.6 Å². The maximum atomic E-state index is 11.7. The Balaban J connectivity index is 1.88. The fourth-order valence-electron chi connectivity index (χ4n) is 1.79. The number of ether oxygens (including phenoxy) is 1. The summed E-state index contributed by atoms with van der Waals surface area (Å²) < 4.78 is 4.99. The van der Waals surface area contributed by atoms with Gasteiger partial charge in [0.1, 0.15) is 0 Å². The van der Waals surface area contributed by atoms with E-state index in [1.807, 2.05) is 0 Å². The quantitative estimate of drug-likeness (QED) is 0.540. The van der Waals surface area contributed by atoms with E-state index >= 15 is 0 Å². The van der Waals surface area contributed by atoms with Gasteiger partial charge in [-0.2, -0.15) is 5.10 Å². The average molecular weight is 368 g/mol. The van der Waals surface area contributed by atoms with Crippen LogP contribution in [0.3, 0.4) is 0 Å². The Bertz CT molecular complexity index is 749. The summed E-state index contributed by atoms with van der Waals surface area (Å²) >= 11 is 11.7. The predicted octanol–water partition coefficient (Wildman–Crippen LogP) is 3.27. The number of halogens is 2. The van der Waals surface area contributed by atoms with Crippen LogP contribution >= 0.6 is 23.2 Å². The number of hydrazone groups is 1. The van der Waals surface area contributed by atoms with Crippen molar-refractivity contribution in [2.45, 2.75) is 0 Å². The Hall–Kier alpha value is -2.44. The zero-order valence-corrected chi connectivity index (χ0v) is 14.2. The summed E-state index contributed by atoms with van der Waals surface area (Å²) in [5.74, 6) is -0.245. The first-order valence-corrected chi connectivity index (χ1v) is 7.63. The van der Waals surface area contributed by atoms with Gasteiger partial charge in [0.15, 0.2) is 11.5 Å². The smallest absolute Gasteiger partial charge is 0.259 e. The number of aromatic hydroxyl groups is 1. The van der Waals surface area contributed by atoms with Crippen molar-refractivity contribution in [3.8, 4) is 11.5 Å². The lowest BCUT2D eigenvalue weighted by Crippen LogP contribution is -2.25. The number of nitrogens with one attached hydrogen (secondary N) is 2. The van der Waals surface area contributed by atoms with E-state index in [1.165, 1.54) is 19.4 Å². The molecule has 2 rings (SSSR count). The summed E-state index contributed by atoms with van der Waals surface area (Å²) in [6.45, 7) is 0.0542. The average Bonchev–Trinajstić information content (AvgIpc) is 2.57. The normalized spacial score (nSPS) is 10.6. The molecule has 0 aliphatic heterocycles. The van der Waals surface area contributed by atoms with Crippen LogP contribution < -0.4 is 15.5 Å². The van der Waals surface area contributed by atoms with Gasteiger partial charge < -0.3 is 15.2 Å². The molecule has 2 aromatic carbocycles. The predicted molar refractivity (Wildman–Crippen MR) is 95.3 cm³/mol. The molecule has 0 saturated carbocycles. The van der Waals surface area contributed by atoms with Crippen LogP contribution in [0.2, 0.25) is 10.0 Å². The number of rotatable bonds is 6. The zero-order valence-electron chi connectivity index (χ0n) is 12.7. The minimum atomic E-state index is -0.321. The Labute approximate surface area is 149 Å². The second-order valence-corrected chi connectivity index (χ2v) is 5.55. The minimum absolute atomic E-state index is 0.0542. The first kappa shape index (κ1) is 17.9. The third kappa shape index (κ3) is 5.04. The van der Waals surface area contributed by atoms with Crippen molar-refractivity contribution in [3.05, 3.63) is 52.0 Å². The number of carbonyl (C=O) groups is 1. The van der Waals surface area contributed by atoms with Gasteiger partial charge in [-0.05, 0) is 42.0 Å². The van der Waals surface area contributed by atoms with Crippen molar-refractivity contribution in [3.63, 3.8) is 0 Å². The lowest BCUT2D eigenvalue weighted by molar-refractivity contribution is -0.119. The number of hydrogen-bond donors (Lipinski definition) is 3. The number of nitrogens with zero attached hydrogens (tertiary/aromatic N) is 1. The molecule has 0 spiro atoms. The second-order valence-electron chi connectivity index (χ2n) is 4.71. The molecule has 2 aromatic rings. The van der Waals surface area contributed by atoms with E-state index < -0.39 is 0 Å². The summed E-state index contributed by atoms with van der Waals surface area (Å²) in [6.07, 6.45) is 1.40. The molecular weight excluding hydrogens is 353 g/mol. The van der Waals surface area contributed by atoms with Crippen molar-refractivity contribution in [1.29, 1.82) is 0 Å². The van der Waals surface area contributed by atoms with Gasteiger partial charge in [0.25, 0.3) is 5.91 Å². The second kappa shape index (κ2) is 8.42. The first-order valence-electron chi connectivity index (χ1n) is 6.87. The number of carbonyl (C=O) groups excluding carboxylic acids is 1. The fraction of sp³-hybridized carbons (Fsp3) is 0.125.